The van der Waals surface area contributed by atoms with E-state index in [1.54, 1.807) is 6.20 Å². The quantitative estimate of drug-likeness (QED) is 0.453. The van der Waals surface area contributed by atoms with Gasteiger partial charge in [0.05, 0.1) is 35.4 Å². The van der Waals surface area contributed by atoms with Crippen LogP contribution in [0.3, 0.4) is 0 Å². The Kier molecular flexibility index (Phi) is 8.48. The van der Waals surface area contributed by atoms with E-state index >= 15 is 0 Å². The van der Waals surface area contributed by atoms with Gasteiger partial charge in [0.2, 0.25) is 5.91 Å². The molecule has 1 aromatic heterocycles. The molecule has 35 heavy (non-hydrogen) atoms. The second-order valence-corrected chi connectivity index (χ2v) is 10.7. The van der Waals surface area contributed by atoms with Gasteiger partial charge in [0.1, 0.15) is 6.29 Å². The fraction of sp³-hybridized carbons (Fsp3) is 0.519. The SMILES string of the molecule is CC[C@@H](CN1CCOCC1)N1C(=O)[C@](C)(CC=O)C[C@H](c2cccc(Cl)c2)[C@H]1c1ccc(Cl)cn1. The molecule has 2 aliphatic rings. The van der Waals surface area contributed by atoms with Crippen molar-refractivity contribution in [3.63, 3.8) is 0 Å². The highest BCUT2D eigenvalue weighted by Crippen LogP contribution is 2.51. The standard InChI is InChI=1S/C27H33Cl2N3O3/c1-3-22(18-31-10-13-35-14-11-31)32-25(24-8-7-21(29)17-30-24)23(19-5-4-6-20(28)15-19)16-27(2,9-12-33)26(32)34/h4-8,12,15,17,22-23,25H,3,9-11,13-14,16,18H2,1-2H3/t22-,23+,25-,27+/m0/s1. The van der Waals surface area contributed by atoms with Gasteiger partial charge >= 0.3 is 0 Å². The van der Waals surface area contributed by atoms with Gasteiger partial charge in [-0.1, -0.05) is 49.2 Å². The molecule has 3 heterocycles. The predicted molar refractivity (Wildman–Crippen MR) is 138 cm³/mol. The van der Waals surface area contributed by atoms with Crippen molar-refractivity contribution in [1.82, 2.24) is 14.8 Å². The number of hydrogen-bond donors (Lipinski definition) is 0. The van der Waals surface area contributed by atoms with Crippen molar-refractivity contribution in [3.8, 4) is 0 Å². The zero-order chi connectivity index (χ0) is 25.0. The number of carbonyl (C=O) groups excluding carboxylic acids is 2. The Morgan fingerprint density at radius 2 is 1.97 bits per heavy atom. The molecule has 0 unspecified atom stereocenters. The summed E-state index contributed by atoms with van der Waals surface area (Å²) in [5.74, 6) is -0.0755. The van der Waals surface area contributed by atoms with Gasteiger partial charge in [0.25, 0.3) is 0 Å². The van der Waals surface area contributed by atoms with E-state index in [0.717, 1.165) is 43.6 Å². The summed E-state index contributed by atoms with van der Waals surface area (Å²) in [5.41, 5.74) is 1.02. The maximum atomic E-state index is 14.2. The van der Waals surface area contributed by atoms with Crippen LogP contribution in [0.25, 0.3) is 0 Å². The van der Waals surface area contributed by atoms with Crippen molar-refractivity contribution < 1.29 is 14.3 Å². The van der Waals surface area contributed by atoms with Crippen LogP contribution in [-0.2, 0) is 14.3 Å². The van der Waals surface area contributed by atoms with Crippen LogP contribution >= 0.6 is 23.2 Å². The Bertz CT molecular complexity index is 1030. The van der Waals surface area contributed by atoms with Gasteiger partial charge in [-0.15, -0.1) is 0 Å². The third kappa shape index (κ3) is 5.72. The van der Waals surface area contributed by atoms with Gasteiger partial charge < -0.3 is 14.4 Å². The van der Waals surface area contributed by atoms with E-state index in [1.165, 1.54) is 0 Å². The minimum absolute atomic E-state index is 0.00439. The first-order chi connectivity index (χ1) is 16.9. The lowest BCUT2D eigenvalue weighted by molar-refractivity contribution is -0.157. The molecule has 0 bridgehead atoms. The normalized spacial score (nSPS) is 26.5. The number of halogens is 2. The molecule has 1 amide bonds. The average molecular weight is 518 g/mol. The van der Waals surface area contributed by atoms with Crippen molar-refractivity contribution in [2.75, 3.05) is 32.8 Å². The largest absolute Gasteiger partial charge is 0.379 e. The van der Waals surface area contributed by atoms with E-state index in [2.05, 4.69) is 22.9 Å². The Hall–Kier alpha value is -1.99. The number of aromatic nitrogens is 1. The molecule has 0 saturated carbocycles. The van der Waals surface area contributed by atoms with Crippen LogP contribution in [-0.4, -0.2) is 65.9 Å². The molecule has 2 aromatic rings. The molecule has 2 aliphatic heterocycles. The molecular formula is C27H33Cl2N3O3. The van der Waals surface area contributed by atoms with Gasteiger partial charge in [0.15, 0.2) is 0 Å². The van der Waals surface area contributed by atoms with Crippen LogP contribution in [0.1, 0.15) is 56.3 Å². The molecule has 0 N–H and O–H groups in total. The van der Waals surface area contributed by atoms with Crippen molar-refractivity contribution >= 4 is 35.4 Å². The number of hydrogen-bond acceptors (Lipinski definition) is 5. The highest BCUT2D eigenvalue weighted by molar-refractivity contribution is 6.30. The van der Waals surface area contributed by atoms with Crippen molar-refractivity contribution in [3.05, 3.63) is 63.9 Å². The third-order valence-corrected chi connectivity index (χ3v) is 7.86. The molecule has 8 heteroatoms. The fourth-order valence-electron chi connectivity index (χ4n) is 5.51. The summed E-state index contributed by atoms with van der Waals surface area (Å²) in [4.78, 5) is 35.0. The van der Waals surface area contributed by atoms with Gasteiger partial charge in [0, 0.05) is 49.2 Å². The van der Waals surface area contributed by atoms with E-state index in [4.69, 9.17) is 27.9 Å². The monoisotopic (exact) mass is 517 g/mol. The molecule has 4 atom stereocenters. The Morgan fingerprint density at radius 3 is 2.60 bits per heavy atom. The number of morpholine rings is 1. The number of ether oxygens (including phenoxy) is 1. The predicted octanol–water partition coefficient (Wildman–Crippen LogP) is 5.15. The van der Waals surface area contributed by atoms with E-state index in [-0.39, 0.29) is 30.3 Å². The average Bonchev–Trinajstić information content (AvgIpc) is 2.86. The minimum atomic E-state index is -0.809. The van der Waals surface area contributed by atoms with Crippen molar-refractivity contribution in [2.45, 2.75) is 51.1 Å². The maximum Gasteiger partial charge on any atom is 0.229 e. The summed E-state index contributed by atoms with van der Waals surface area (Å²) in [6.07, 6.45) is 4.00. The molecule has 0 aliphatic carbocycles. The number of likely N-dealkylation sites (tertiary alicyclic amines) is 1. The van der Waals surface area contributed by atoms with Crippen LogP contribution in [0.4, 0.5) is 0 Å². The van der Waals surface area contributed by atoms with Crippen molar-refractivity contribution in [1.29, 1.82) is 0 Å². The van der Waals surface area contributed by atoms with Crippen LogP contribution in [0.5, 0.6) is 0 Å². The van der Waals surface area contributed by atoms with E-state index < -0.39 is 5.41 Å². The second kappa shape index (κ2) is 11.4. The number of nitrogens with zero attached hydrogens (tertiary/aromatic N) is 3. The highest BCUT2D eigenvalue weighted by Gasteiger charge is 2.51. The minimum Gasteiger partial charge on any atom is -0.379 e. The Labute approximate surface area is 217 Å². The zero-order valence-electron chi connectivity index (χ0n) is 20.3. The van der Waals surface area contributed by atoms with Gasteiger partial charge in [-0.3, -0.25) is 14.7 Å². The van der Waals surface area contributed by atoms with E-state index in [1.807, 2.05) is 42.2 Å². The lowest BCUT2D eigenvalue weighted by Gasteiger charge is -2.52. The number of pyridine rings is 1. The summed E-state index contributed by atoms with van der Waals surface area (Å²) in [6.45, 7) is 7.85. The zero-order valence-corrected chi connectivity index (χ0v) is 21.8. The van der Waals surface area contributed by atoms with Gasteiger partial charge in [-0.25, -0.2) is 0 Å². The summed E-state index contributed by atoms with van der Waals surface area (Å²) >= 11 is 12.6. The molecule has 0 radical (unpaired) electrons. The van der Waals surface area contributed by atoms with Crippen LogP contribution in [0.15, 0.2) is 42.6 Å². The third-order valence-electron chi connectivity index (χ3n) is 7.40. The first-order valence-electron chi connectivity index (χ1n) is 12.3. The Morgan fingerprint density at radius 1 is 1.20 bits per heavy atom. The molecule has 4 rings (SSSR count). The van der Waals surface area contributed by atoms with Crippen LogP contribution in [0.2, 0.25) is 10.0 Å². The maximum absolute atomic E-state index is 14.2. The topological polar surface area (TPSA) is 62.7 Å². The van der Waals surface area contributed by atoms with Gasteiger partial charge in [-0.05, 0) is 42.7 Å². The van der Waals surface area contributed by atoms with Gasteiger partial charge in [-0.2, -0.15) is 0 Å². The Balaban J connectivity index is 1.83. The molecular weight excluding hydrogens is 485 g/mol. The number of carbonyl (C=O) groups is 2. The molecule has 2 fully saturated rings. The lowest BCUT2D eigenvalue weighted by atomic mass is 9.67. The molecule has 2 saturated heterocycles. The lowest BCUT2D eigenvalue weighted by Crippen LogP contribution is -2.58. The fourth-order valence-corrected chi connectivity index (χ4v) is 5.82. The first kappa shape index (κ1) is 26.1. The van der Waals surface area contributed by atoms with Crippen molar-refractivity contribution in [2.24, 2.45) is 5.41 Å². The first-order valence-corrected chi connectivity index (χ1v) is 13.1. The second-order valence-electron chi connectivity index (χ2n) is 9.83. The molecule has 188 valence electrons. The summed E-state index contributed by atoms with van der Waals surface area (Å²) in [6, 6.07) is 11.2. The van der Waals surface area contributed by atoms with Crippen LogP contribution in [0, 0.1) is 5.41 Å². The van der Waals surface area contributed by atoms with E-state index in [0.29, 0.717) is 29.7 Å². The smallest absolute Gasteiger partial charge is 0.229 e. The molecule has 1 aromatic carbocycles. The van der Waals surface area contributed by atoms with Crippen LogP contribution < -0.4 is 0 Å². The molecule has 0 spiro atoms. The van der Waals surface area contributed by atoms with E-state index in [9.17, 15) is 9.59 Å². The summed E-state index contributed by atoms with van der Waals surface area (Å²) in [5, 5.41) is 1.19. The number of benzene rings is 1. The number of piperidine rings is 1. The number of rotatable bonds is 8. The summed E-state index contributed by atoms with van der Waals surface area (Å²) in [7, 11) is 0. The highest BCUT2D eigenvalue weighted by atomic mass is 35.5. The summed E-state index contributed by atoms with van der Waals surface area (Å²) < 4.78 is 5.54. The number of amides is 1. The molecule has 6 nitrogen and oxygen atoms in total. The number of aldehydes is 1.